The van der Waals surface area contributed by atoms with Crippen LogP contribution in [0.2, 0.25) is 0 Å². The monoisotopic (exact) mass is 278 g/mol. The minimum atomic E-state index is -0.992. The van der Waals surface area contributed by atoms with E-state index < -0.39 is 41.6 Å². The van der Waals surface area contributed by atoms with Crippen LogP contribution in [0.5, 0.6) is 0 Å². The Hall–Kier alpha value is -2.18. The molecule has 0 radical (unpaired) electrons. The Morgan fingerprint density at radius 3 is 2.40 bits per heavy atom. The van der Waals surface area contributed by atoms with Crippen molar-refractivity contribution in [2.45, 2.75) is 18.9 Å². The molecule has 0 spiro atoms. The molecule has 20 heavy (non-hydrogen) atoms. The maximum atomic E-state index is 12.3. The van der Waals surface area contributed by atoms with Crippen molar-refractivity contribution in [2.24, 2.45) is 23.7 Å². The van der Waals surface area contributed by atoms with Gasteiger partial charge < -0.3 is 10.4 Å². The second-order valence-electron chi connectivity index (χ2n) is 5.52. The minimum Gasteiger partial charge on any atom is -0.481 e. The first-order valence-electron chi connectivity index (χ1n) is 6.52. The number of fused-ring (bicyclic) bond motifs is 2. The first-order valence-corrected chi connectivity index (χ1v) is 6.52. The maximum absolute atomic E-state index is 12.3. The summed E-state index contributed by atoms with van der Waals surface area (Å²) in [6.07, 6.45) is 4.29. The zero-order valence-electron chi connectivity index (χ0n) is 10.5. The highest BCUT2D eigenvalue weighted by molar-refractivity contribution is 6.07. The van der Waals surface area contributed by atoms with E-state index in [1.165, 1.54) is 0 Å². The van der Waals surface area contributed by atoms with Gasteiger partial charge in [-0.2, -0.15) is 0 Å². The Bertz CT molecular complexity index is 541. The Kier molecular flexibility index (Phi) is 2.84. The van der Waals surface area contributed by atoms with Crippen molar-refractivity contribution < 1.29 is 24.3 Å². The summed E-state index contributed by atoms with van der Waals surface area (Å²) in [7, 11) is 0. The molecule has 2 aliphatic carbocycles. The molecule has 2 fully saturated rings. The van der Waals surface area contributed by atoms with Crippen LogP contribution in [0.15, 0.2) is 12.2 Å². The molecule has 3 amide bonds. The number of carboxylic acids is 1. The van der Waals surface area contributed by atoms with Crippen molar-refractivity contribution in [1.29, 1.82) is 0 Å². The highest BCUT2D eigenvalue weighted by Crippen LogP contribution is 2.48. The Balaban J connectivity index is 1.74. The molecule has 1 aliphatic heterocycles. The summed E-state index contributed by atoms with van der Waals surface area (Å²) in [4.78, 5) is 46.1. The van der Waals surface area contributed by atoms with Crippen LogP contribution in [-0.4, -0.2) is 34.8 Å². The highest BCUT2D eigenvalue weighted by atomic mass is 16.4. The van der Waals surface area contributed by atoms with Crippen molar-refractivity contribution in [2.75, 3.05) is 0 Å². The van der Waals surface area contributed by atoms with Gasteiger partial charge in [-0.15, -0.1) is 0 Å². The van der Waals surface area contributed by atoms with E-state index in [0.29, 0.717) is 6.42 Å². The normalized spacial score (nSPS) is 38.1. The molecule has 7 nitrogen and oxygen atoms in total. The third kappa shape index (κ3) is 1.90. The number of nitrogens with one attached hydrogen (secondary N) is 2. The van der Waals surface area contributed by atoms with Crippen molar-refractivity contribution in [3.05, 3.63) is 12.2 Å². The molecule has 0 aromatic carbocycles. The molecule has 2 bridgehead atoms. The van der Waals surface area contributed by atoms with Crippen molar-refractivity contribution >= 4 is 23.7 Å². The van der Waals surface area contributed by atoms with Crippen LogP contribution < -0.4 is 10.6 Å². The lowest BCUT2D eigenvalue weighted by molar-refractivity contribution is -0.148. The first-order chi connectivity index (χ1) is 9.47. The SMILES string of the molecule is O=C1CC(NC(=O)C2C3C=CC(C3)C2C(=O)O)C(=O)N1. The molecule has 5 atom stereocenters. The molecule has 7 heteroatoms. The van der Waals surface area contributed by atoms with Crippen LogP contribution in [0.25, 0.3) is 0 Å². The van der Waals surface area contributed by atoms with Crippen LogP contribution in [0, 0.1) is 23.7 Å². The second kappa shape index (κ2) is 4.43. The summed E-state index contributed by atoms with van der Waals surface area (Å²) in [5.74, 6) is -4.03. The largest absolute Gasteiger partial charge is 0.481 e. The van der Waals surface area contributed by atoms with Crippen LogP contribution in [0.4, 0.5) is 0 Å². The summed E-state index contributed by atoms with van der Waals surface area (Å²) in [5.41, 5.74) is 0. The van der Waals surface area contributed by atoms with E-state index in [1.807, 2.05) is 12.2 Å². The van der Waals surface area contributed by atoms with Crippen LogP contribution in [0.3, 0.4) is 0 Å². The van der Waals surface area contributed by atoms with Gasteiger partial charge in [0.25, 0.3) is 0 Å². The molecule has 3 rings (SSSR count). The number of carbonyl (C=O) groups is 4. The lowest BCUT2D eigenvalue weighted by Gasteiger charge is -2.24. The Labute approximate surface area is 114 Å². The molecule has 106 valence electrons. The average Bonchev–Trinajstić information content (AvgIpc) is 3.03. The van der Waals surface area contributed by atoms with Crippen LogP contribution in [-0.2, 0) is 19.2 Å². The quantitative estimate of drug-likeness (QED) is 0.454. The fraction of sp³-hybridized carbons (Fsp3) is 0.538. The van der Waals surface area contributed by atoms with Gasteiger partial charge in [0.1, 0.15) is 6.04 Å². The molecular formula is C13H14N2O5. The maximum Gasteiger partial charge on any atom is 0.307 e. The number of amides is 3. The zero-order valence-corrected chi connectivity index (χ0v) is 10.5. The second-order valence-corrected chi connectivity index (χ2v) is 5.52. The fourth-order valence-corrected chi connectivity index (χ4v) is 3.45. The molecule has 1 heterocycles. The van der Waals surface area contributed by atoms with Crippen LogP contribution in [0.1, 0.15) is 12.8 Å². The van der Waals surface area contributed by atoms with E-state index in [0.717, 1.165) is 0 Å². The van der Waals surface area contributed by atoms with E-state index >= 15 is 0 Å². The molecule has 0 aromatic rings. The molecule has 1 saturated heterocycles. The Morgan fingerprint density at radius 1 is 1.20 bits per heavy atom. The topological polar surface area (TPSA) is 113 Å². The number of hydrogen-bond donors (Lipinski definition) is 3. The summed E-state index contributed by atoms with van der Waals surface area (Å²) >= 11 is 0. The Morgan fingerprint density at radius 2 is 1.85 bits per heavy atom. The van der Waals surface area contributed by atoms with Crippen molar-refractivity contribution in [1.82, 2.24) is 10.6 Å². The van der Waals surface area contributed by atoms with Crippen molar-refractivity contribution in [3.8, 4) is 0 Å². The van der Waals surface area contributed by atoms with E-state index in [1.54, 1.807) is 0 Å². The minimum absolute atomic E-state index is 0.0844. The molecule has 5 unspecified atom stereocenters. The number of allylic oxidation sites excluding steroid dienone is 2. The third-order valence-electron chi connectivity index (χ3n) is 4.33. The molecule has 0 aromatic heterocycles. The number of hydrogen-bond acceptors (Lipinski definition) is 4. The average molecular weight is 278 g/mol. The van der Waals surface area contributed by atoms with Gasteiger partial charge in [0, 0.05) is 0 Å². The van der Waals surface area contributed by atoms with E-state index in [2.05, 4.69) is 10.6 Å². The number of carboxylic acid groups (broad SMARTS) is 1. The van der Waals surface area contributed by atoms with Gasteiger partial charge in [-0.3, -0.25) is 24.5 Å². The van der Waals surface area contributed by atoms with Gasteiger partial charge in [0.2, 0.25) is 17.7 Å². The number of aliphatic carboxylic acids is 1. The zero-order chi connectivity index (χ0) is 14.4. The van der Waals surface area contributed by atoms with Crippen molar-refractivity contribution in [3.63, 3.8) is 0 Å². The van der Waals surface area contributed by atoms with Gasteiger partial charge >= 0.3 is 5.97 Å². The van der Waals surface area contributed by atoms with Gasteiger partial charge in [-0.25, -0.2) is 0 Å². The van der Waals surface area contributed by atoms with Gasteiger partial charge in [-0.1, -0.05) is 12.2 Å². The molecular weight excluding hydrogens is 264 g/mol. The number of rotatable bonds is 3. The van der Waals surface area contributed by atoms with Gasteiger partial charge in [-0.05, 0) is 18.3 Å². The third-order valence-corrected chi connectivity index (χ3v) is 4.33. The highest BCUT2D eigenvalue weighted by Gasteiger charge is 2.52. The smallest absolute Gasteiger partial charge is 0.307 e. The fourth-order valence-electron chi connectivity index (χ4n) is 3.45. The summed E-state index contributed by atoms with van der Waals surface area (Å²) in [6.45, 7) is 0. The standard InChI is InChI=1S/C13H14N2O5/c16-8-4-7(11(17)15-8)14-12(18)9-5-1-2-6(3-5)10(9)13(19)20/h1-2,5-7,9-10H,3-4H2,(H,14,18)(H,19,20)(H,15,16,17). The molecule has 1 saturated carbocycles. The lowest BCUT2D eigenvalue weighted by Crippen LogP contribution is -2.46. The van der Waals surface area contributed by atoms with E-state index in [9.17, 15) is 24.3 Å². The molecule has 3 aliphatic rings. The molecule has 3 N–H and O–H groups in total. The lowest BCUT2D eigenvalue weighted by atomic mass is 9.82. The van der Waals surface area contributed by atoms with Gasteiger partial charge in [0.15, 0.2) is 0 Å². The summed E-state index contributed by atoms with van der Waals surface area (Å²) in [6, 6.07) is -0.882. The summed E-state index contributed by atoms with van der Waals surface area (Å²) < 4.78 is 0. The summed E-state index contributed by atoms with van der Waals surface area (Å²) in [5, 5.41) is 13.9. The number of imide groups is 1. The predicted octanol–water partition coefficient (Wildman–Crippen LogP) is -0.959. The van der Waals surface area contributed by atoms with Crippen LogP contribution >= 0.6 is 0 Å². The van der Waals surface area contributed by atoms with E-state index in [-0.39, 0.29) is 18.3 Å². The number of carbonyl (C=O) groups excluding carboxylic acids is 3. The van der Waals surface area contributed by atoms with E-state index in [4.69, 9.17) is 0 Å². The van der Waals surface area contributed by atoms with Gasteiger partial charge in [0.05, 0.1) is 18.3 Å². The predicted molar refractivity (Wildman–Crippen MR) is 65.1 cm³/mol. The first kappa shape index (κ1) is 12.8.